The van der Waals surface area contributed by atoms with E-state index in [1.165, 1.54) is 23.9 Å². The van der Waals surface area contributed by atoms with E-state index < -0.39 is 12.8 Å². The maximum atomic E-state index is 13.8. The van der Waals surface area contributed by atoms with Crippen LogP contribution < -0.4 is 0 Å². The van der Waals surface area contributed by atoms with Crippen molar-refractivity contribution in [3.63, 3.8) is 0 Å². The number of hydrogen-bond acceptors (Lipinski definition) is 5. The average molecular weight is 476 g/mol. The van der Waals surface area contributed by atoms with Crippen LogP contribution in [0.2, 0.25) is 10.3 Å². The first-order valence-electron chi connectivity index (χ1n) is 10.1. The number of carbonyl (C=O) groups is 1. The van der Waals surface area contributed by atoms with Crippen LogP contribution in [-0.2, 0) is 17.0 Å². The number of aromatic nitrogens is 3. The lowest BCUT2D eigenvalue weighted by molar-refractivity contribution is 0.0985. The van der Waals surface area contributed by atoms with Gasteiger partial charge >= 0.3 is 0 Å². The molecule has 160 valence electrons. The van der Waals surface area contributed by atoms with Crippen LogP contribution in [0, 0.1) is 0 Å². The molecular weight excluding hydrogens is 448 g/mol. The van der Waals surface area contributed by atoms with Crippen molar-refractivity contribution < 1.29 is 9.36 Å². The smallest absolute Gasteiger partial charge is 0.185 e. The molecule has 29 heavy (non-hydrogen) atoms. The molecule has 1 atom stereocenters. The molecule has 1 aliphatic carbocycles. The Bertz CT molecular complexity index is 942. The number of Topliss-reactive ketones (excluding diaryl/α,β-unsaturated/α-hetero) is 1. The number of rotatable bonds is 7. The molecule has 0 saturated heterocycles. The second-order valence-corrected chi connectivity index (χ2v) is 13.4. The summed E-state index contributed by atoms with van der Waals surface area (Å²) in [5, 5.41) is 7.21. The minimum atomic E-state index is -2.87. The van der Waals surface area contributed by atoms with Crippen LogP contribution in [0.25, 0.3) is 0 Å². The molecule has 2 aromatic heterocycles. The third-order valence-corrected chi connectivity index (χ3v) is 11.7. The van der Waals surface area contributed by atoms with Crippen LogP contribution in [-0.4, -0.2) is 32.9 Å². The third-order valence-electron chi connectivity index (χ3n) is 6.25. The Morgan fingerprint density at radius 3 is 2.41 bits per heavy atom. The average Bonchev–Trinajstić information content (AvgIpc) is 3.27. The van der Waals surface area contributed by atoms with Crippen molar-refractivity contribution in [2.75, 3.05) is 12.3 Å². The topological polar surface area (TPSA) is 64.8 Å². The largest absolute Gasteiger partial charge is 0.322 e. The molecule has 3 rings (SSSR count). The molecule has 5 nitrogen and oxygen atoms in total. The van der Waals surface area contributed by atoms with Gasteiger partial charge in [0.1, 0.15) is 18.0 Å². The van der Waals surface area contributed by atoms with Crippen molar-refractivity contribution in [1.82, 2.24) is 14.8 Å². The van der Waals surface area contributed by atoms with Gasteiger partial charge in [0.25, 0.3) is 0 Å². The highest BCUT2D eigenvalue weighted by atomic mass is 35.5. The lowest BCUT2D eigenvalue weighted by Crippen LogP contribution is -2.25. The van der Waals surface area contributed by atoms with Crippen molar-refractivity contribution in [2.24, 2.45) is 7.05 Å². The van der Waals surface area contributed by atoms with E-state index in [2.05, 4.69) is 12.0 Å². The van der Waals surface area contributed by atoms with Gasteiger partial charge in [-0.15, -0.1) is 11.3 Å². The molecule has 0 N–H and O–H groups in total. The van der Waals surface area contributed by atoms with Crippen molar-refractivity contribution in [3.05, 3.63) is 32.0 Å². The molecule has 9 heteroatoms. The van der Waals surface area contributed by atoms with Crippen molar-refractivity contribution >= 4 is 47.5 Å². The van der Waals surface area contributed by atoms with Crippen LogP contribution in [0.15, 0.2) is 5.38 Å². The summed E-state index contributed by atoms with van der Waals surface area (Å²) >= 11 is 14.1. The maximum Gasteiger partial charge on any atom is 0.185 e. The lowest BCUT2D eigenvalue weighted by Gasteiger charge is -2.31. The summed E-state index contributed by atoms with van der Waals surface area (Å²) in [6.45, 7) is 5.99. The van der Waals surface area contributed by atoms with E-state index in [1.54, 1.807) is 18.4 Å². The molecule has 1 aliphatic rings. The standard InChI is InChI=1S/C20H28Cl2N3O2PS/c1-5-28(27,6-2)16(15(26)14-17(21)24-25(4)18(14)22)13-12-29-19(23-13)20(3)10-8-7-9-11-20/h12,16H,5-11H2,1-4H3. The zero-order valence-corrected chi connectivity index (χ0v) is 20.6. The number of ketones is 1. The van der Waals surface area contributed by atoms with Gasteiger partial charge in [0.2, 0.25) is 0 Å². The van der Waals surface area contributed by atoms with Crippen LogP contribution >= 0.6 is 41.7 Å². The number of hydrogen-bond donors (Lipinski definition) is 0. The summed E-state index contributed by atoms with van der Waals surface area (Å²) < 4.78 is 15.2. The zero-order chi connectivity index (χ0) is 21.4. The second-order valence-electron chi connectivity index (χ2n) is 8.13. The highest BCUT2D eigenvalue weighted by Crippen LogP contribution is 2.60. The highest BCUT2D eigenvalue weighted by molar-refractivity contribution is 7.65. The predicted molar refractivity (Wildman–Crippen MR) is 122 cm³/mol. The van der Waals surface area contributed by atoms with Gasteiger partial charge in [-0.25, -0.2) is 4.98 Å². The molecular formula is C20H28Cl2N3O2PS. The first kappa shape index (κ1) is 23.0. The van der Waals surface area contributed by atoms with Crippen LogP contribution in [0.3, 0.4) is 0 Å². The first-order chi connectivity index (χ1) is 13.7. The Balaban J connectivity index is 2.08. The molecule has 2 aromatic rings. The van der Waals surface area contributed by atoms with Gasteiger partial charge < -0.3 is 4.57 Å². The first-order valence-corrected chi connectivity index (χ1v) is 13.9. The normalized spacial score (nSPS) is 18.0. The molecule has 2 heterocycles. The molecule has 0 aliphatic heterocycles. The Morgan fingerprint density at radius 2 is 1.90 bits per heavy atom. The Hall–Kier alpha value is -0.680. The van der Waals surface area contributed by atoms with Crippen LogP contribution in [0.1, 0.15) is 79.6 Å². The minimum absolute atomic E-state index is 0.0285. The predicted octanol–water partition coefficient (Wildman–Crippen LogP) is 6.73. The van der Waals surface area contributed by atoms with E-state index >= 15 is 0 Å². The van der Waals surface area contributed by atoms with Gasteiger partial charge in [0, 0.05) is 17.8 Å². The van der Waals surface area contributed by atoms with Gasteiger partial charge in [-0.3, -0.25) is 9.48 Å². The third kappa shape index (κ3) is 4.23. The Kier molecular flexibility index (Phi) is 6.99. The molecule has 0 amide bonds. The second kappa shape index (κ2) is 8.82. The van der Waals surface area contributed by atoms with Gasteiger partial charge in [-0.05, 0) is 25.2 Å². The molecule has 1 saturated carbocycles. The van der Waals surface area contributed by atoms with Gasteiger partial charge in [-0.1, -0.05) is 63.2 Å². The number of aryl methyl sites for hydroxylation is 1. The van der Waals surface area contributed by atoms with Crippen LogP contribution in [0.4, 0.5) is 0 Å². The summed E-state index contributed by atoms with van der Waals surface area (Å²) in [4.78, 5) is 18.5. The molecule has 0 aromatic carbocycles. The fraction of sp³-hybridized carbons (Fsp3) is 0.650. The zero-order valence-electron chi connectivity index (χ0n) is 17.4. The summed E-state index contributed by atoms with van der Waals surface area (Å²) in [7, 11) is -1.24. The van der Waals surface area contributed by atoms with E-state index in [4.69, 9.17) is 28.2 Å². The maximum absolute atomic E-state index is 13.8. The highest BCUT2D eigenvalue weighted by Gasteiger charge is 2.42. The van der Waals surface area contributed by atoms with E-state index in [0.29, 0.717) is 18.0 Å². The number of nitrogens with zero attached hydrogens (tertiary/aromatic N) is 3. The molecule has 0 bridgehead atoms. The van der Waals surface area contributed by atoms with E-state index in [-0.39, 0.29) is 27.1 Å². The minimum Gasteiger partial charge on any atom is -0.322 e. The van der Waals surface area contributed by atoms with E-state index in [9.17, 15) is 9.36 Å². The summed E-state index contributed by atoms with van der Waals surface area (Å²) in [5.74, 6) is -0.342. The molecule has 0 spiro atoms. The van der Waals surface area contributed by atoms with Gasteiger partial charge in [0.15, 0.2) is 10.9 Å². The number of thiazole rings is 1. The van der Waals surface area contributed by atoms with E-state index in [1.807, 2.05) is 19.2 Å². The molecule has 1 unspecified atom stereocenters. The summed E-state index contributed by atoms with van der Waals surface area (Å²) in [6.07, 6.45) is 6.66. The van der Waals surface area contributed by atoms with Gasteiger partial charge in [0.05, 0.1) is 16.3 Å². The quantitative estimate of drug-likeness (QED) is 0.328. The molecule has 1 fully saturated rings. The lowest BCUT2D eigenvalue weighted by atomic mass is 9.76. The monoisotopic (exact) mass is 475 g/mol. The number of carbonyl (C=O) groups excluding carboxylic acids is 1. The SMILES string of the molecule is CCP(=O)(CC)C(C(=O)c1c(Cl)nn(C)c1Cl)c1csc(C2(C)CCCCC2)n1. The van der Waals surface area contributed by atoms with Gasteiger partial charge in [-0.2, -0.15) is 5.10 Å². The fourth-order valence-corrected chi connectivity index (χ4v) is 8.31. The Morgan fingerprint density at radius 1 is 1.28 bits per heavy atom. The Labute approximate surface area is 186 Å². The van der Waals surface area contributed by atoms with Crippen molar-refractivity contribution in [1.29, 1.82) is 0 Å². The van der Waals surface area contributed by atoms with E-state index in [0.717, 1.165) is 17.8 Å². The fourth-order valence-electron chi connectivity index (χ4n) is 4.23. The van der Waals surface area contributed by atoms with Crippen LogP contribution in [0.5, 0.6) is 0 Å². The molecule has 0 radical (unpaired) electrons. The summed E-state index contributed by atoms with van der Waals surface area (Å²) in [6, 6.07) is 0. The number of halogens is 2. The summed E-state index contributed by atoms with van der Waals surface area (Å²) in [5.41, 5.74) is -0.0825. The van der Waals surface area contributed by atoms with Crippen molar-refractivity contribution in [3.8, 4) is 0 Å². The van der Waals surface area contributed by atoms with Crippen molar-refractivity contribution in [2.45, 2.75) is 63.9 Å².